The van der Waals surface area contributed by atoms with Gasteiger partial charge < -0.3 is 20.9 Å². The van der Waals surface area contributed by atoms with Gasteiger partial charge in [0.15, 0.2) is 0 Å². The third kappa shape index (κ3) is 5.06. The Morgan fingerprint density at radius 1 is 1.10 bits per heavy atom. The summed E-state index contributed by atoms with van der Waals surface area (Å²) in [5, 5.41) is 5.29. The molecule has 0 radical (unpaired) electrons. The van der Waals surface area contributed by atoms with E-state index in [9.17, 15) is 9.59 Å². The van der Waals surface area contributed by atoms with Gasteiger partial charge in [0, 0.05) is 42.2 Å². The van der Waals surface area contributed by atoms with Crippen molar-refractivity contribution in [3.05, 3.63) is 53.4 Å². The molecule has 202 valence electrons. The minimum absolute atomic E-state index is 0.180. The molecule has 10 heteroatoms. The van der Waals surface area contributed by atoms with E-state index in [-0.39, 0.29) is 6.04 Å². The summed E-state index contributed by atoms with van der Waals surface area (Å²) in [6, 6.07) is 7.91. The number of nitrogens with zero attached hydrogens (tertiary/aromatic N) is 5. The van der Waals surface area contributed by atoms with Crippen molar-refractivity contribution >= 4 is 55.6 Å². The van der Waals surface area contributed by atoms with E-state index in [1.54, 1.807) is 34.7 Å². The number of rotatable bonds is 3. The molecule has 9 nitrogen and oxygen atoms in total. The largest absolute Gasteiger partial charge is 0.383 e. The van der Waals surface area contributed by atoms with Crippen molar-refractivity contribution in [1.29, 1.82) is 0 Å². The molecule has 2 fully saturated rings. The van der Waals surface area contributed by atoms with E-state index in [1.807, 2.05) is 0 Å². The number of nitrogens with two attached hydrogens (primary N) is 1. The monoisotopic (exact) mass is 543 g/mol. The minimum atomic E-state index is -0.683. The number of carbonyl (C=O) groups is 2. The number of carbonyl (C=O) groups excluding carboxylic acids is 2. The number of piperidine rings is 2. The molecule has 3 aromatic heterocycles. The number of amides is 2. The molecule has 0 unspecified atom stereocenters. The van der Waals surface area contributed by atoms with Crippen molar-refractivity contribution in [3.63, 3.8) is 0 Å². The highest BCUT2D eigenvalue weighted by Crippen LogP contribution is 2.38. The lowest BCUT2D eigenvalue weighted by atomic mass is 9.89. The van der Waals surface area contributed by atoms with Crippen LogP contribution in [-0.2, 0) is 9.59 Å². The topological polar surface area (TPSA) is 117 Å². The molecule has 4 aromatic rings. The second kappa shape index (κ2) is 10.5. The number of hydrogen-bond donors (Lipinski definition) is 2. The van der Waals surface area contributed by atoms with Gasteiger partial charge in [-0.1, -0.05) is 13.0 Å². The van der Waals surface area contributed by atoms with Gasteiger partial charge in [-0.05, 0) is 69.0 Å². The number of pyridine rings is 2. The summed E-state index contributed by atoms with van der Waals surface area (Å²) in [6.07, 6.45) is 8.86. The Balaban J connectivity index is 1.25. The molecule has 6 rings (SSSR count). The van der Waals surface area contributed by atoms with Crippen LogP contribution in [0.5, 0.6) is 0 Å². The van der Waals surface area contributed by atoms with Gasteiger partial charge in [-0.15, -0.1) is 11.3 Å². The molecule has 0 saturated carbocycles. The molecule has 2 aliphatic rings. The number of aromatic nitrogens is 3. The highest BCUT2D eigenvalue weighted by atomic mass is 32.1. The lowest BCUT2D eigenvalue weighted by molar-refractivity contribution is -0.146. The second-order valence-electron chi connectivity index (χ2n) is 11.0. The van der Waals surface area contributed by atoms with Gasteiger partial charge in [0.05, 0.1) is 33.2 Å². The number of nitrogens with one attached hydrogen (secondary N) is 1. The fourth-order valence-electron chi connectivity index (χ4n) is 5.96. The molecule has 39 heavy (non-hydrogen) atoms. The Labute approximate surface area is 231 Å². The Morgan fingerprint density at radius 2 is 1.97 bits per heavy atom. The molecule has 0 spiro atoms. The molecule has 3 atom stereocenters. The van der Waals surface area contributed by atoms with Gasteiger partial charge in [0.25, 0.3) is 0 Å². The van der Waals surface area contributed by atoms with Gasteiger partial charge in [-0.3, -0.25) is 14.6 Å². The van der Waals surface area contributed by atoms with Gasteiger partial charge >= 0.3 is 11.8 Å². The maximum absolute atomic E-state index is 13.6. The first kappa shape index (κ1) is 25.6. The van der Waals surface area contributed by atoms with Crippen LogP contribution in [0.2, 0.25) is 0 Å². The van der Waals surface area contributed by atoms with Gasteiger partial charge in [0.2, 0.25) is 0 Å². The molecule has 5 heterocycles. The SMILES string of the molecule is C[C@H]1CC[C@H](c2ccc3sc([C@@H]4CCCN(C)C4)nc3c2)N(C(=O)C(=O)Nc2cncc3c(N)nccc23)C1. The summed E-state index contributed by atoms with van der Waals surface area (Å²) in [4.78, 5) is 44.2. The zero-order chi connectivity index (χ0) is 27.1. The lowest BCUT2D eigenvalue weighted by Gasteiger charge is -2.38. The minimum Gasteiger partial charge on any atom is -0.383 e. The van der Waals surface area contributed by atoms with Crippen LogP contribution in [0.25, 0.3) is 21.0 Å². The summed E-state index contributed by atoms with van der Waals surface area (Å²) in [7, 11) is 2.17. The number of likely N-dealkylation sites (tertiary alicyclic amines) is 2. The Morgan fingerprint density at radius 3 is 2.82 bits per heavy atom. The fraction of sp³-hybridized carbons (Fsp3) is 0.414. The quantitative estimate of drug-likeness (QED) is 0.364. The highest BCUT2D eigenvalue weighted by Gasteiger charge is 2.35. The summed E-state index contributed by atoms with van der Waals surface area (Å²) in [5.41, 5.74) is 8.41. The predicted molar refractivity (Wildman–Crippen MR) is 155 cm³/mol. The average molecular weight is 544 g/mol. The molecule has 2 saturated heterocycles. The molecular weight excluding hydrogens is 510 g/mol. The molecule has 1 aromatic carbocycles. The van der Waals surface area contributed by atoms with Gasteiger partial charge in [0.1, 0.15) is 5.82 Å². The molecule has 0 aliphatic carbocycles. The van der Waals surface area contributed by atoms with Crippen LogP contribution in [0.3, 0.4) is 0 Å². The predicted octanol–water partition coefficient (Wildman–Crippen LogP) is 4.57. The Bertz CT molecular complexity index is 1550. The van der Waals surface area contributed by atoms with Crippen LogP contribution in [0, 0.1) is 5.92 Å². The van der Waals surface area contributed by atoms with Gasteiger partial charge in [-0.25, -0.2) is 9.97 Å². The van der Waals surface area contributed by atoms with E-state index in [0.29, 0.717) is 40.7 Å². The molecule has 2 aliphatic heterocycles. The number of anilines is 2. The normalized spacial score (nSPS) is 22.3. The van der Waals surface area contributed by atoms with Crippen LogP contribution in [-0.4, -0.2) is 63.2 Å². The first-order chi connectivity index (χ1) is 18.9. The van der Waals surface area contributed by atoms with E-state index >= 15 is 0 Å². The number of benzene rings is 1. The third-order valence-corrected chi connectivity index (χ3v) is 9.22. The number of hydrogen-bond acceptors (Lipinski definition) is 8. The maximum atomic E-state index is 13.6. The van der Waals surface area contributed by atoms with Crippen molar-refractivity contribution in [2.24, 2.45) is 5.92 Å². The highest BCUT2D eigenvalue weighted by molar-refractivity contribution is 7.18. The van der Waals surface area contributed by atoms with Crippen LogP contribution < -0.4 is 11.1 Å². The smallest absolute Gasteiger partial charge is 0.313 e. The van der Waals surface area contributed by atoms with E-state index < -0.39 is 11.8 Å². The van der Waals surface area contributed by atoms with Crippen molar-refractivity contribution in [2.45, 2.75) is 44.6 Å². The van der Waals surface area contributed by atoms with E-state index in [0.717, 1.165) is 37.0 Å². The molecular formula is C29H33N7O2S. The standard InChI is InChI=1S/C29H33N7O2S/c1-17-5-7-24(18-6-8-25-22(12-18)34-28(39-25)19-4-3-11-35(2)16-19)36(15-17)29(38)27(37)33-23-14-31-13-21-20(23)9-10-32-26(21)30/h6,8-10,12-14,17,19,24H,3-5,7,11,15-16H2,1-2H3,(H2,30,32)(H,33,37)/t17-,19+,24+/m0/s1. The average Bonchev–Trinajstić information content (AvgIpc) is 3.37. The molecule has 0 bridgehead atoms. The number of likely N-dealkylation sites (N-methyl/N-ethyl adjacent to an activating group) is 1. The summed E-state index contributed by atoms with van der Waals surface area (Å²) in [6.45, 7) is 4.83. The zero-order valence-corrected chi connectivity index (χ0v) is 23.1. The first-order valence-corrected chi connectivity index (χ1v) is 14.4. The number of nitrogen functional groups attached to an aromatic ring is 1. The number of thiazole rings is 1. The lowest BCUT2D eigenvalue weighted by Crippen LogP contribution is -2.46. The first-order valence-electron chi connectivity index (χ1n) is 13.6. The van der Waals surface area contributed by atoms with E-state index in [4.69, 9.17) is 10.7 Å². The second-order valence-corrected chi connectivity index (χ2v) is 12.0. The molecule has 3 N–H and O–H groups in total. The Hall–Kier alpha value is -3.63. The zero-order valence-electron chi connectivity index (χ0n) is 22.3. The molecule has 2 amide bonds. The summed E-state index contributed by atoms with van der Waals surface area (Å²) in [5.74, 6) is -0.131. The van der Waals surface area contributed by atoms with Crippen LogP contribution >= 0.6 is 11.3 Å². The van der Waals surface area contributed by atoms with Crippen molar-refractivity contribution < 1.29 is 9.59 Å². The van der Waals surface area contributed by atoms with Crippen molar-refractivity contribution in [2.75, 3.05) is 37.7 Å². The van der Waals surface area contributed by atoms with E-state index in [1.165, 1.54) is 28.7 Å². The maximum Gasteiger partial charge on any atom is 0.313 e. The summed E-state index contributed by atoms with van der Waals surface area (Å²) < 4.78 is 1.17. The van der Waals surface area contributed by atoms with Crippen LogP contribution in [0.4, 0.5) is 11.5 Å². The Kier molecular flexibility index (Phi) is 6.90. The summed E-state index contributed by atoms with van der Waals surface area (Å²) >= 11 is 1.77. The van der Waals surface area contributed by atoms with E-state index in [2.05, 4.69) is 52.4 Å². The van der Waals surface area contributed by atoms with Crippen molar-refractivity contribution in [3.8, 4) is 0 Å². The number of fused-ring (bicyclic) bond motifs is 2. The van der Waals surface area contributed by atoms with Gasteiger partial charge in [-0.2, -0.15) is 0 Å². The van der Waals surface area contributed by atoms with Crippen molar-refractivity contribution in [1.82, 2.24) is 24.8 Å². The fourth-order valence-corrected chi connectivity index (χ4v) is 7.03. The third-order valence-electron chi connectivity index (χ3n) is 8.03. The van der Waals surface area contributed by atoms with Crippen LogP contribution in [0.15, 0.2) is 42.9 Å². The van der Waals surface area contributed by atoms with Crippen LogP contribution in [0.1, 0.15) is 55.1 Å².